The fourth-order valence-electron chi connectivity index (χ4n) is 3.12. The smallest absolute Gasteiger partial charge is 0.0930 e. The number of hydrogen-bond acceptors (Lipinski definition) is 2. The summed E-state index contributed by atoms with van der Waals surface area (Å²) < 4.78 is 0. The van der Waals surface area contributed by atoms with Gasteiger partial charge in [-0.3, -0.25) is 9.97 Å². The molecule has 2 nitrogen and oxygen atoms in total. The molecule has 0 saturated carbocycles. The van der Waals surface area contributed by atoms with Crippen molar-refractivity contribution < 1.29 is 0 Å². The van der Waals surface area contributed by atoms with Crippen molar-refractivity contribution in [2.45, 2.75) is 32.1 Å². The third-order valence-corrected chi connectivity index (χ3v) is 4.08. The summed E-state index contributed by atoms with van der Waals surface area (Å²) in [5.74, 6) is 0. The molecule has 0 aromatic carbocycles. The first-order valence-corrected chi connectivity index (χ1v) is 6.25. The number of rotatable bonds is 2. The van der Waals surface area contributed by atoms with Crippen LogP contribution >= 0.6 is 0 Å². The SMILES string of the molecule is CCC1(CC)c2cccnc2-c2ncccc21. The second-order valence-corrected chi connectivity index (χ2v) is 4.59. The maximum Gasteiger partial charge on any atom is 0.0930 e. The predicted molar refractivity (Wildman–Crippen MR) is 68.8 cm³/mol. The van der Waals surface area contributed by atoms with Crippen molar-refractivity contribution in [1.82, 2.24) is 9.97 Å². The highest BCUT2D eigenvalue weighted by Crippen LogP contribution is 2.50. The Morgan fingerprint density at radius 1 is 0.882 bits per heavy atom. The summed E-state index contributed by atoms with van der Waals surface area (Å²) >= 11 is 0. The molecule has 17 heavy (non-hydrogen) atoms. The molecule has 2 heterocycles. The van der Waals surface area contributed by atoms with E-state index >= 15 is 0 Å². The number of aromatic nitrogens is 2. The van der Waals surface area contributed by atoms with Crippen molar-refractivity contribution in [2.24, 2.45) is 0 Å². The monoisotopic (exact) mass is 224 g/mol. The van der Waals surface area contributed by atoms with E-state index in [1.807, 2.05) is 24.5 Å². The van der Waals surface area contributed by atoms with Crippen LogP contribution in [0, 0.1) is 0 Å². The maximum absolute atomic E-state index is 4.53. The van der Waals surface area contributed by atoms with Crippen LogP contribution in [0.1, 0.15) is 37.8 Å². The summed E-state index contributed by atoms with van der Waals surface area (Å²) in [7, 11) is 0. The van der Waals surface area contributed by atoms with Crippen LogP contribution in [-0.2, 0) is 5.41 Å². The topological polar surface area (TPSA) is 25.8 Å². The highest BCUT2D eigenvalue weighted by Gasteiger charge is 2.41. The van der Waals surface area contributed by atoms with Gasteiger partial charge in [0.15, 0.2) is 0 Å². The van der Waals surface area contributed by atoms with E-state index in [0.29, 0.717) is 0 Å². The van der Waals surface area contributed by atoms with Gasteiger partial charge < -0.3 is 0 Å². The summed E-state index contributed by atoms with van der Waals surface area (Å²) in [6, 6.07) is 8.48. The number of nitrogens with zero attached hydrogens (tertiary/aromatic N) is 2. The third-order valence-electron chi connectivity index (χ3n) is 4.08. The van der Waals surface area contributed by atoms with Gasteiger partial charge in [0, 0.05) is 17.8 Å². The van der Waals surface area contributed by atoms with E-state index in [9.17, 15) is 0 Å². The van der Waals surface area contributed by atoms with E-state index in [1.54, 1.807) is 0 Å². The van der Waals surface area contributed by atoms with Gasteiger partial charge in [-0.05, 0) is 36.1 Å². The first-order chi connectivity index (χ1) is 8.33. The molecule has 0 bridgehead atoms. The molecule has 0 radical (unpaired) electrons. The molecule has 0 saturated heterocycles. The van der Waals surface area contributed by atoms with Crippen molar-refractivity contribution in [3.63, 3.8) is 0 Å². The molecule has 1 aliphatic carbocycles. The van der Waals surface area contributed by atoms with Gasteiger partial charge in [0.2, 0.25) is 0 Å². The highest BCUT2D eigenvalue weighted by molar-refractivity contribution is 5.74. The average Bonchev–Trinajstić information content (AvgIpc) is 2.70. The summed E-state index contributed by atoms with van der Waals surface area (Å²) in [5, 5.41) is 0. The Bertz CT molecular complexity index is 509. The van der Waals surface area contributed by atoms with E-state index < -0.39 is 0 Å². The summed E-state index contributed by atoms with van der Waals surface area (Å²) in [4.78, 5) is 9.06. The van der Waals surface area contributed by atoms with Gasteiger partial charge in [-0.15, -0.1) is 0 Å². The quantitative estimate of drug-likeness (QED) is 0.779. The minimum Gasteiger partial charge on any atom is -0.254 e. The van der Waals surface area contributed by atoms with Crippen LogP contribution in [0.15, 0.2) is 36.7 Å². The Kier molecular flexibility index (Phi) is 2.25. The van der Waals surface area contributed by atoms with Gasteiger partial charge in [-0.2, -0.15) is 0 Å². The Labute approximate surface area is 102 Å². The lowest BCUT2D eigenvalue weighted by Gasteiger charge is -2.28. The Hall–Kier alpha value is -1.70. The van der Waals surface area contributed by atoms with E-state index in [2.05, 4.69) is 35.9 Å². The van der Waals surface area contributed by atoms with E-state index in [1.165, 1.54) is 11.1 Å². The molecule has 86 valence electrons. The van der Waals surface area contributed by atoms with Crippen LogP contribution in [0.5, 0.6) is 0 Å². The molecule has 0 N–H and O–H groups in total. The van der Waals surface area contributed by atoms with Crippen LogP contribution in [0.2, 0.25) is 0 Å². The summed E-state index contributed by atoms with van der Waals surface area (Å²) in [5.41, 5.74) is 4.96. The lowest BCUT2D eigenvalue weighted by molar-refractivity contribution is 0.489. The van der Waals surface area contributed by atoms with Gasteiger partial charge in [0.25, 0.3) is 0 Å². The van der Waals surface area contributed by atoms with Crippen LogP contribution < -0.4 is 0 Å². The lowest BCUT2D eigenvalue weighted by atomic mass is 9.74. The lowest BCUT2D eigenvalue weighted by Crippen LogP contribution is -2.23. The molecular weight excluding hydrogens is 208 g/mol. The molecule has 0 unspecified atom stereocenters. The molecule has 0 atom stereocenters. The zero-order chi connectivity index (χ0) is 11.9. The fourth-order valence-corrected chi connectivity index (χ4v) is 3.12. The molecule has 0 fully saturated rings. The highest BCUT2D eigenvalue weighted by atomic mass is 14.8. The van der Waals surface area contributed by atoms with Gasteiger partial charge in [-0.25, -0.2) is 0 Å². The van der Waals surface area contributed by atoms with Crippen molar-refractivity contribution in [3.05, 3.63) is 47.8 Å². The first kappa shape index (κ1) is 10.5. The van der Waals surface area contributed by atoms with Crippen LogP contribution in [0.25, 0.3) is 11.4 Å². The van der Waals surface area contributed by atoms with Crippen molar-refractivity contribution in [1.29, 1.82) is 0 Å². The summed E-state index contributed by atoms with van der Waals surface area (Å²) in [6.45, 7) is 4.50. The molecule has 0 amide bonds. The van der Waals surface area contributed by atoms with E-state index in [4.69, 9.17) is 0 Å². The molecule has 3 rings (SSSR count). The molecule has 2 aromatic rings. The second-order valence-electron chi connectivity index (χ2n) is 4.59. The van der Waals surface area contributed by atoms with Crippen LogP contribution in [0.4, 0.5) is 0 Å². The standard InChI is InChI=1S/C15H16N2/c1-3-15(4-2)11-7-5-9-16-13(11)14-12(15)8-6-10-17-14/h5-10H,3-4H2,1-2H3. The van der Waals surface area contributed by atoms with Crippen molar-refractivity contribution >= 4 is 0 Å². The molecule has 0 spiro atoms. The molecular formula is C15H16N2. The van der Waals surface area contributed by atoms with Crippen molar-refractivity contribution in [2.75, 3.05) is 0 Å². The van der Waals surface area contributed by atoms with Crippen molar-refractivity contribution in [3.8, 4) is 11.4 Å². The van der Waals surface area contributed by atoms with Gasteiger partial charge in [-0.1, -0.05) is 26.0 Å². The fraction of sp³-hybridized carbons (Fsp3) is 0.333. The maximum atomic E-state index is 4.53. The van der Waals surface area contributed by atoms with Crippen LogP contribution in [0.3, 0.4) is 0 Å². The molecule has 1 aliphatic rings. The Balaban J connectivity index is 2.38. The van der Waals surface area contributed by atoms with E-state index in [-0.39, 0.29) is 5.41 Å². The number of pyridine rings is 2. The molecule has 2 heteroatoms. The summed E-state index contributed by atoms with van der Waals surface area (Å²) in [6.07, 6.45) is 5.92. The average molecular weight is 224 g/mol. The first-order valence-electron chi connectivity index (χ1n) is 6.25. The Morgan fingerprint density at radius 2 is 1.35 bits per heavy atom. The zero-order valence-electron chi connectivity index (χ0n) is 10.3. The second kappa shape index (κ2) is 3.66. The minimum atomic E-state index is 0.118. The molecule has 2 aromatic heterocycles. The predicted octanol–water partition coefficient (Wildman–Crippen LogP) is 3.56. The van der Waals surface area contributed by atoms with Crippen LogP contribution in [-0.4, -0.2) is 9.97 Å². The van der Waals surface area contributed by atoms with Gasteiger partial charge >= 0.3 is 0 Å². The van der Waals surface area contributed by atoms with Gasteiger partial charge in [0.1, 0.15) is 0 Å². The normalized spacial score (nSPS) is 15.4. The van der Waals surface area contributed by atoms with E-state index in [0.717, 1.165) is 24.2 Å². The Morgan fingerprint density at radius 3 is 1.76 bits per heavy atom. The van der Waals surface area contributed by atoms with Gasteiger partial charge in [0.05, 0.1) is 11.4 Å². The minimum absolute atomic E-state index is 0.118. The number of hydrogen-bond donors (Lipinski definition) is 0. The number of fused-ring (bicyclic) bond motifs is 3. The largest absolute Gasteiger partial charge is 0.254 e. The third kappa shape index (κ3) is 1.21. The molecule has 0 aliphatic heterocycles. The zero-order valence-corrected chi connectivity index (χ0v) is 10.3.